The molecule has 0 aromatic rings. The van der Waals surface area contributed by atoms with Gasteiger partial charge in [-0.2, -0.15) is 0 Å². The van der Waals surface area contributed by atoms with Crippen LogP contribution in [0.3, 0.4) is 0 Å². The Morgan fingerprint density at radius 1 is 1.44 bits per heavy atom. The first kappa shape index (κ1) is 11.4. The Labute approximate surface area is 57.6 Å². The van der Waals surface area contributed by atoms with E-state index in [1.165, 1.54) is 0 Å². The van der Waals surface area contributed by atoms with E-state index in [0.29, 0.717) is 6.54 Å². The van der Waals surface area contributed by atoms with Gasteiger partial charge in [-0.3, -0.25) is 4.79 Å². The van der Waals surface area contributed by atoms with Crippen LogP contribution in [0.15, 0.2) is 0 Å². The fraction of sp³-hybridized carbons (Fsp3) is 0.857. The normalized spacial score (nSPS) is 7.56. The number of hydrogen-bond donors (Lipinski definition) is 1. The summed E-state index contributed by atoms with van der Waals surface area (Å²) in [6.45, 7) is 8.93. The molecule has 0 aromatic carbocycles. The number of rotatable bonds is 3. The Morgan fingerprint density at radius 2 is 1.89 bits per heavy atom. The molecular weight excluding hydrogens is 114 g/mol. The lowest BCUT2D eigenvalue weighted by molar-refractivity contribution is -0.116. The summed E-state index contributed by atoms with van der Waals surface area (Å²) in [6, 6.07) is 0. The lowest BCUT2D eigenvalue weighted by atomic mass is 10.4. The topological polar surface area (TPSA) is 29.1 Å². The van der Waals surface area contributed by atoms with Gasteiger partial charge in [-0.25, -0.2) is 0 Å². The predicted molar refractivity (Wildman–Crippen MR) is 40.6 cm³/mol. The summed E-state index contributed by atoms with van der Waals surface area (Å²) in [5, 5.41) is 2.90. The van der Waals surface area contributed by atoms with Crippen molar-refractivity contribution >= 4 is 5.78 Å². The monoisotopic (exact) mass is 131 g/mol. The zero-order valence-corrected chi connectivity index (χ0v) is 6.82. The van der Waals surface area contributed by atoms with E-state index >= 15 is 0 Å². The largest absolute Gasteiger partial charge is 0.310 e. The van der Waals surface area contributed by atoms with Crippen molar-refractivity contribution in [1.29, 1.82) is 0 Å². The Balaban J connectivity index is 0. The molecule has 56 valence electrons. The zero-order chi connectivity index (χ0) is 7.70. The highest BCUT2D eigenvalue weighted by atomic mass is 16.1. The highest BCUT2D eigenvalue weighted by Crippen LogP contribution is 1.61. The summed E-state index contributed by atoms with van der Waals surface area (Å²) in [6.07, 6.45) is 0. The summed E-state index contributed by atoms with van der Waals surface area (Å²) < 4.78 is 0. The van der Waals surface area contributed by atoms with Crippen molar-refractivity contribution < 1.29 is 4.79 Å². The third-order valence-corrected chi connectivity index (χ3v) is 0.624. The number of likely N-dealkylation sites (N-methyl/N-ethyl adjacent to an activating group) is 1. The predicted octanol–water partition coefficient (Wildman–Crippen LogP) is 1.21. The SMILES string of the molecule is CC.CCNCC(C)=O. The average Bonchev–Trinajstić information content (AvgIpc) is 1.88. The van der Waals surface area contributed by atoms with Crippen molar-refractivity contribution in [3.63, 3.8) is 0 Å². The van der Waals surface area contributed by atoms with E-state index in [2.05, 4.69) is 5.32 Å². The van der Waals surface area contributed by atoms with Crippen LogP contribution in [0, 0.1) is 0 Å². The molecule has 0 spiro atoms. The van der Waals surface area contributed by atoms with Gasteiger partial charge >= 0.3 is 0 Å². The summed E-state index contributed by atoms with van der Waals surface area (Å²) in [5.74, 6) is 0.196. The van der Waals surface area contributed by atoms with E-state index in [-0.39, 0.29) is 5.78 Å². The summed E-state index contributed by atoms with van der Waals surface area (Å²) in [4.78, 5) is 10.1. The number of hydrogen-bond acceptors (Lipinski definition) is 2. The fourth-order valence-electron chi connectivity index (χ4n) is 0.301. The molecule has 0 saturated carbocycles. The van der Waals surface area contributed by atoms with E-state index in [4.69, 9.17) is 0 Å². The van der Waals surface area contributed by atoms with Gasteiger partial charge in [0, 0.05) is 0 Å². The minimum absolute atomic E-state index is 0.196. The van der Waals surface area contributed by atoms with Crippen molar-refractivity contribution in [1.82, 2.24) is 5.32 Å². The van der Waals surface area contributed by atoms with Gasteiger partial charge in [0.05, 0.1) is 6.54 Å². The standard InChI is InChI=1S/C5H11NO.C2H6/c1-3-6-4-5(2)7;1-2/h6H,3-4H2,1-2H3;1-2H3. The Hall–Kier alpha value is -0.370. The molecule has 0 aliphatic heterocycles. The van der Waals surface area contributed by atoms with Gasteiger partial charge in [0.1, 0.15) is 5.78 Å². The Bertz CT molecular complexity index is 61.9. The molecule has 0 aliphatic rings. The second-order valence-corrected chi connectivity index (χ2v) is 1.48. The van der Waals surface area contributed by atoms with Gasteiger partial charge in [-0.05, 0) is 13.5 Å². The molecular formula is C7H17NO. The van der Waals surface area contributed by atoms with Crippen LogP contribution in [0.1, 0.15) is 27.7 Å². The molecule has 0 saturated heterocycles. The molecule has 0 aliphatic carbocycles. The fourth-order valence-corrected chi connectivity index (χ4v) is 0.301. The van der Waals surface area contributed by atoms with E-state index in [1.54, 1.807) is 6.92 Å². The van der Waals surface area contributed by atoms with Crippen LogP contribution in [0.25, 0.3) is 0 Å². The van der Waals surface area contributed by atoms with E-state index in [0.717, 1.165) is 6.54 Å². The molecule has 0 aromatic heterocycles. The van der Waals surface area contributed by atoms with Crippen LogP contribution in [0.2, 0.25) is 0 Å². The van der Waals surface area contributed by atoms with Crippen LogP contribution in [-0.2, 0) is 4.79 Å². The maximum atomic E-state index is 10.1. The zero-order valence-electron chi connectivity index (χ0n) is 6.82. The first-order valence-corrected chi connectivity index (χ1v) is 3.47. The lowest BCUT2D eigenvalue weighted by Crippen LogP contribution is -2.19. The van der Waals surface area contributed by atoms with Crippen molar-refractivity contribution in [2.45, 2.75) is 27.7 Å². The van der Waals surface area contributed by atoms with E-state index in [1.807, 2.05) is 20.8 Å². The van der Waals surface area contributed by atoms with Gasteiger partial charge in [-0.1, -0.05) is 20.8 Å². The maximum absolute atomic E-state index is 10.1. The highest BCUT2D eigenvalue weighted by Gasteiger charge is 1.85. The van der Waals surface area contributed by atoms with Crippen molar-refractivity contribution in [3.05, 3.63) is 0 Å². The third-order valence-electron chi connectivity index (χ3n) is 0.624. The second kappa shape index (κ2) is 10.6. The molecule has 0 fully saturated rings. The molecule has 0 radical (unpaired) electrons. The number of carbonyl (C=O) groups excluding carboxylic acids is 1. The van der Waals surface area contributed by atoms with Crippen LogP contribution >= 0.6 is 0 Å². The number of carbonyl (C=O) groups is 1. The van der Waals surface area contributed by atoms with Crippen molar-refractivity contribution in [2.24, 2.45) is 0 Å². The van der Waals surface area contributed by atoms with Gasteiger partial charge in [0.25, 0.3) is 0 Å². The summed E-state index contributed by atoms with van der Waals surface area (Å²) in [7, 11) is 0. The first-order chi connectivity index (χ1) is 4.27. The lowest BCUT2D eigenvalue weighted by Gasteiger charge is -1.91. The van der Waals surface area contributed by atoms with Crippen molar-refractivity contribution in [3.8, 4) is 0 Å². The first-order valence-electron chi connectivity index (χ1n) is 3.47. The van der Waals surface area contributed by atoms with Crippen LogP contribution in [-0.4, -0.2) is 18.9 Å². The molecule has 1 N–H and O–H groups in total. The summed E-state index contributed by atoms with van der Waals surface area (Å²) >= 11 is 0. The summed E-state index contributed by atoms with van der Waals surface area (Å²) in [5.41, 5.74) is 0. The van der Waals surface area contributed by atoms with Crippen LogP contribution in [0.4, 0.5) is 0 Å². The van der Waals surface area contributed by atoms with Crippen LogP contribution in [0.5, 0.6) is 0 Å². The Kier molecular flexibility index (Phi) is 13.4. The third kappa shape index (κ3) is 18.4. The van der Waals surface area contributed by atoms with E-state index in [9.17, 15) is 4.79 Å². The molecule has 0 unspecified atom stereocenters. The number of Topliss-reactive ketones (excluding diaryl/α,β-unsaturated/α-hetero) is 1. The minimum Gasteiger partial charge on any atom is -0.310 e. The van der Waals surface area contributed by atoms with Gasteiger partial charge in [0.2, 0.25) is 0 Å². The Morgan fingerprint density at radius 3 is 2.00 bits per heavy atom. The maximum Gasteiger partial charge on any atom is 0.143 e. The average molecular weight is 131 g/mol. The van der Waals surface area contributed by atoms with Gasteiger partial charge in [0.15, 0.2) is 0 Å². The number of nitrogens with one attached hydrogen (secondary N) is 1. The smallest absolute Gasteiger partial charge is 0.143 e. The molecule has 0 heterocycles. The minimum atomic E-state index is 0.196. The molecule has 0 atom stereocenters. The van der Waals surface area contributed by atoms with Crippen molar-refractivity contribution in [2.75, 3.05) is 13.1 Å². The molecule has 0 rings (SSSR count). The second-order valence-electron chi connectivity index (χ2n) is 1.48. The number of ketones is 1. The highest BCUT2D eigenvalue weighted by molar-refractivity contribution is 5.77. The molecule has 2 heteroatoms. The van der Waals surface area contributed by atoms with Gasteiger partial charge in [-0.15, -0.1) is 0 Å². The van der Waals surface area contributed by atoms with Gasteiger partial charge < -0.3 is 5.32 Å². The molecule has 9 heavy (non-hydrogen) atoms. The quantitative estimate of drug-likeness (QED) is 0.623. The van der Waals surface area contributed by atoms with E-state index < -0.39 is 0 Å². The molecule has 0 amide bonds. The molecule has 2 nitrogen and oxygen atoms in total. The van der Waals surface area contributed by atoms with Crippen LogP contribution < -0.4 is 5.32 Å². The molecule has 0 bridgehead atoms.